The molecule has 1 saturated heterocycles. The van der Waals surface area contributed by atoms with Gasteiger partial charge < -0.3 is 10.1 Å². The van der Waals surface area contributed by atoms with Crippen molar-refractivity contribution in [3.8, 4) is 0 Å². The lowest BCUT2D eigenvalue weighted by molar-refractivity contribution is -0.140. The Bertz CT molecular complexity index is 237. The van der Waals surface area contributed by atoms with Crippen LogP contribution in [0.2, 0.25) is 0 Å². The maximum atomic E-state index is 12.4. The van der Waals surface area contributed by atoms with E-state index in [0.29, 0.717) is 19.6 Å². The number of ether oxygens (including phenoxy) is 1. The first-order valence-corrected chi connectivity index (χ1v) is 4.85. The number of halogens is 2. The first kappa shape index (κ1) is 9.83. The Morgan fingerprint density at radius 3 is 2.71 bits per heavy atom. The molecular formula is C9H13F2NO2. The van der Waals surface area contributed by atoms with Gasteiger partial charge in [-0.3, -0.25) is 4.79 Å². The van der Waals surface area contributed by atoms with Crippen LogP contribution in [0.5, 0.6) is 0 Å². The van der Waals surface area contributed by atoms with Crippen LogP contribution in [-0.2, 0) is 9.53 Å². The van der Waals surface area contributed by atoms with Crippen molar-refractivity contribution < 1.29 is 18.3 Å². The SMILES string of the molecule is O=C1OCCC1NCC1CC(F)(F)C1. The van der Waals surface area contributed by atoms with E-state index in [2.05, 4.69) is 5.32 Å². The van der Waals surface area contributed by atoms with Gasteiger partial charge in [0.15, 0.2) is 0 Å². The minimum absolute atomic E-state index is 0.0124. The van der Waals surface area contributed by atoms with Gasteiger partial charge in [-0.1, -0.05) is 0 Å². The van der Waals surface area contributed by atoms with E-state index >= 15 is 0 Å². The lowest BCUT2D eigenvalue weighted by Gasteiger charge is -2.35. The van der Waals surface area contributed by atoms with E-state index in [-0.39, 0.29) is 30.8 Å². The first-order chi connectivity index (χ1) is 6.57. The molecule has 0 aromatic carbocycles. The van der Waals surface area contributed by atoms with Crippen LogP contribution in [0.3, 0.4) is 0 Å². The molecule has 0 amide bonds. The number of alkyl halides is 2. The average molecular weight is 205 g/mol. The molecule has 1 atom stereocenters. The Kier molecular flexibility index (Phi) is 2.43. The van der Waals surface area contributed by atoms with E-state index in [9.17, 15) is 13.6 Å². The lowest BCUT2D eigenvalue weighted by atomic mass is 9.81. The topological polar surface area (TPSA) is 38.3 Å². The van der Waals surface area contributed by atoms with Crippen molar-refractivity contribution in [3.05, 3.63) is 0 Å². The van der Waals surface area contributed by atoms with Crippen LogP contribution in [0.4, 0.5) is 8.78 Å². The van der Waals surface area contributed by atoms with Gasteiger partial charge in [-0.25, -0.2) is 8.78 Å². The molecule has 5 heteroatoms. The molecule has 0 aromatic rings. The maximum absolute atomic E-state index is 12.4. The third-order valence-electron chi connectivity index (χ3n) is 2.76. The molecule has 1 aliphatic carbocycles. The fraction of sp³-hybridized carbons (Fsp3) is 0.889. The molecule has 14 heavy (non-hydrogen) atoms. The Labute approximate surface area is 80.8 Å². The monoisotopic (exact) mass is 205 g/mol. The second kappa shape index (κ2) is 3.46. The molecule has 0 bridgehead atoms. The number of nitrogens with one attached hydrogen (secondary N) is 1. The number of carbonyl (C=O) groups excluding carboxylic acids is 1. The lowest BCUT2D eigenvalue weighted by Crippen LogP contribution is -2.44. The molecule has 3 nitrogen and oxygen atoms in total. The number of esters is 1. The molecule has 2 fully saturated rings. The third-order valence-corrected chi connectivity index (χ3v) is 2.76. The van der Waals surface area contributed by atoms with Crippen molar-refractivity contribution in [1.29, 1.82) is 0 Å². The number of hydrogen-bond donors (Lipinski definition) is 1. The zero-order chi connectivity index (χ0) is 10.2. The standard InChI is InChI=1S/C9H13F2NO2/c10-9(11)3-6(4-9)5-12-7-1-2-14-8(7)13/h6-7,12H,1-5H2. The van der Waals surface area contributed by atoms with Crippen molar-refractivity contribution >= 4 is 5.97 Å². The molecule has 0 aromatic heterocycles. The van der Waals surface area contributed by atoms with E-state index in [1.165, 1.54) is 0 Å². The number of cyclic esters (lactones) is 1. The molecule has 0 spiro atoms. The molecule has 0 radical (unpaired) electrons. The van der Waals surface area contributed by atoms with Crippen LogP contribution in [0, 0.1) is 5.92 Å². The van der Waals surface area contributed by atoms with Crippen molar-refractivity contribution in [2.75, 3.05) is 13.2 Å². The minimum Gasteiger partial charge on any atom is -0.464 e. The summed E-state index contributed by atoms with van der Waals surface area (Å²) in [5.41, 5.74) is 0. The van der Waals surface area contributed by atoms with Gasteiger partial charge in [0.25, 0.3) is 0 Å². The second-order valence-electron chi connectivity index (χ2n) is 4.05. The highest BCUT2D eigenvalue weighted by Crippen LogP contribution is 2.41. The summed E-state index contributed by atoms with van der Waals surface area (Å²) in [6, 6.07) is -0.274. The predicted molar refractivity (Wildman–Crippen MR) is 45.0 cm³/mol. The molecule has 1 heterocycles. The highest BCUT2D eigenvalue weighted by atomic mass is 19.3. The molecule has 1 N–H and O–H groups in total. The number of hydrogen-bond acceptors (Lipinski definition) is 3. The Morgan fingerprint density at radius 2 is 2.21 bits per heavy atom. The van der Waals surface area contributed by atoms with Gasteiger partial charge in [-0.15, -0.1) is 0 Å². The normalized spacial score (nSPS) is 31.3. The van der Waals surface area contributed by atoms with Crippen LogP contribution in [-0.4, -0.2) is 31.1 Å². The molecule has 1 aliphatic heterocycles. The quantitative estimate of drug-likeness (QED) is 0.697. The van der Waals surface area contributed by atoms with E-state index in [4.69, 9.17) is 4.74 Å². The molecule has 2 aliphatic rings. The summed E-state index contributed by atoms with van der Waals surface area (Å²) >= 11 is 0. The predicted octanol–water partition coefficient (Wildman–Crippen LogP) is 0.937. The fourth-order valence-electron chi connectivity index (χ4n) is 1.92. The van der Waals surface area contributed by atoms with Gasteiger partial charge in [-0.05, 0) is 12.5 Å². The molecular weight excluding hydrogens is 192 g/mol. The summed E-state index contributed by atoms with van der Waals surface area (Å²) in [5, 5.41) is 2.96. The number of rotatable bonds is 3. The molecule has 1 unspecified atom stereocenters. The second-order valence-corrected chi connectivity index (χ2v) is 4.05. The zero-order valence-corrected chi connectivity index (χ0v) is 7.76. The number of carbonyl (C=O) groups is 1. The average Bonchev–Trinajstić information content (AvgIpc) is 2.44. The molecule has 80 valence electrons. The van der Waals surface area contributed by atoms with Crippen molar-refractivity contribution in [3.63, 3.8) is 0 Å². The zero-order valence-electron chi connectivity index (χ0n) is 7.76. The summed E-state index contributed by atoms with van der Waals surface area (Å²) in [6.45, 7) is 0.937. The Morgan fingerprint density at radius 1 is 1.50 bits per heavy atom. The largest absolute Gasteiger partial charge is 0.464 e. The van der Waals surface area contributed by atoms with Gasteiger partial charge in [0, 0.05) is 19.3 Å². The van der Waals surface area contributed by atoms with E-state index in [0.717, 1.165) is 0 Å². The smallest absolute Gasteiger partial charge is 0.323 e. The summed E-state index contributed by atoms with van der Waals surface area (Å²) < 4.78 is 29.6. The van der Waals surface area contributed by atoms with Gasteiger partial charge in [0.05, 0.1) is 6.61 Å². The van der Waals surface area contributed by atoms with Crippen LogP contribution < -0.4 is 5.32 Å². The van der Waals surface area contributed by atoms with Crippen LogP contribution in [0.15, 0.2) is 0 Å². The molecule has 1 saturated carbocycles. The van der Waals surface area contributed by atoms with Crippen molar-refractivity contribution in [2.24, 2.45) is 5.92 Å². The maximum Gasteiger partial charge on any atom is 0.323 e. The summed E-state index contributed by atoms with van der Waals surface area (Å²) in [4.78, 5) is 11.0. The van der Waals surface area contributed by atoms with Gasteiger partial charge in [0.1, 0.15) is 6.04 Å². The van der Waals surface area contributed by atoms with Gasteiger partial charge in [0.2, 0.25) is 5.92 Å². The van der Waals surface area contributed by atoms with Crippen LogP contribution in [0.25, 0.3) is 0 Å². The van der Waals surface area contributed by atoms with Crippen molar-refractivity contribution in [1.82, 2.24) is 5.32 Å². The Hall–Kier alpha value is -0.710. The highest BCUT2D eigenvalue weighted by molar-refractivity contribution is 5.77. The summed E-state index contributed by atoms with van der Waals surface area (Å²) in [6.07, 6.45) is 0.547. The highest BCUT2D eigenvalue weighted by Gasteiger charge is 2.45. The summed E-state index contributed by atoms with van der Waals surface area (Å²) in [5.74, 6) is -2.71. The van der Waals surface area contributed by atoms with Crippen molar-refractivity contribution in [2.45, 2.75) is 31.2 Å². The molecule has 2 rings (SSSR count). The van der Waals surface area contributed by atoms with E-state index < -0.39 is 5.92 Å². The third kappa shape index (κ3) is 2.03. The van der Waals surface area contributed by atoms with E-state index in [1.807, 2.05) is 0 Å². The Balaban J connectivity index is 1.66. The van der Waals surface area contributed by atoms with E-state index in [1.54, 1.807) is 0 Å². The summed E-state index contributed by atoms with van der Waals surface area (Å²) in [7, 11) is 0. The first-order valence-electron chi connectivity index (χ1n) is 4.85. The van der Waals surface area contributed by atoms with Gasteiger partial charge in [-0.2, -0.15) is 0 Å². The van der Waals surface area contributed by atoms with Crippen LogP contribution >= 0.6 is 0 Å². The van der Waals surface area contributed by atoms with Crippen LogP contribution in [0.1, 0.15) is 19.3 Å². The minimum atomic E-state index is -2.47. The fourth-order valence-corrected chi connectivity index (χ4v) is 1.92. The van der Waals surface area contributed by atoms with Gasteiger partial charge >= 0.3 is 5.97 Å².